The Morgan fingerprint density at radius 2 is 1.88 bits per heavy atom. The van der Waals surface area contributed by atoms with Crippen LogP contribution < -0.4 is 10.6 Å². The van der Waals surface area contributed by atoms with E-state index in [1.54, 1.807) is 12.1 Å². The molecule has 5 nitrogen and oxygen atoms in total. The van der Waals surface area contributed by atoms with Crippen molar-refractivity contribution in [1.29, 1.82) is 0 Å². The van der Waals surface area contributed by atoms with Crippen LogP contribution in [-0.4, -0.2) is 30.3 Å². The van der Waals surface area contributed by atoms with Crippen LogP contribution in [0.3, 0.4) is 0 Å². The number of hydrogen-bond acceptors (Lipinski definition) is 4. The van der Waals surface area contributed by atoms with Gasteiger partial charge < -0.3 is 20.5 Å². The Bertz CT molecular complexity index is 712. The van der Waals surface area contributed by atoms with Crippen LogP contribution >= 0.6 is 0 Å². The first-order valence-corrected chi connectivity index (χ1v) is 8.68. The highest BCUT2D eigenvalue weighted by Gasteiger charge is 2.16. The molecule has 3 rings (SSSR count). The van der Waals surface area contributed by atoms with Gasteiger partial charge in [0, 0.05) is 31.8 Å². The van der Waals surface area contributed by atoms with Crippen molar-refractivity contribution in [3.8, 4) is 5.75 Å². The molecule has 0 aliphatic carbocycles. The Kier molecular flexibility index (Phi) is 6.04. The van der Waals surface area contributed by atoms with E-state index in [2.05, 4.69) is 10.6 Å². The van der Waals surface area contributed by atoms with Crippen molar-refractivity contribution in [1.82, 2.24) is 10.6 Å². The molecule has 1 amide bonds. The van der Waals surface area contributed by atoms with Crippen molar-refractivity contribution in [2.24, 2.45) is 0 Å². The topological polar surface area (TPSA) is 70.6 Å². The molecule has 0 unspecified atom stereocenters. The first-order chi connectivity index (χ1) is 12.2. The third-order valence-corrected chi connectivity index (χ3v) is 4.27. The second-order valence-corrected chi connectivity index (χ2v) is 6.32. The minimum absolute atomic E-state index is 0.0645. The number of carbonyl (C=O) groups excluding carboxylic acids is 1. The van der Waals surface area contributed by atoms with Gasteiger partial charge in [0.2, 0.25) is 0 Å². The van der Waals surface area contributed by atoms with Gasteiger partial charge in [-0.15, -0.1) is 0 Å². The van der Waals surface area contributed by atoms with Crippen LogP contribution in [0.4, 0.5) is 0 Å². The van der Waals surface area contributed by atoms with Crippen LogP contribution in [0.1, 0.15) is 34.3 Å². The number of rotatable bonds is 7. The van der Waals surface area contributed by atoms with Crippen LogP contribution in [0, 0.1) is 0 Å². The molecule has 0 aromatic heterocycles. The average molecular weight is 340 g/mol. The zero-order valence-electron chi connectivity index (χ0n) is 14.2. The van der Waals surface area contributed by atoms with Gasteiger partial charge >= 0.3 is 0 Å². The van der Waals surface area contributed by atoms with Crippen molar-refractivity contribution in [3.63, 3.8) is 0 Å². The smallest absolute Gasteiger partial charge is 0.251 e. The highest BCUT2D eigenvalue weighted by Crippen LogP contribution is 2.12. The predicted molar refractivity (Wildman–Crippen MR) is 96.4 cm³/mol. The number of amides is 1. The van der Waals surface area contributed by atoms with E-state index in [1.807, 2.05) is 36.4 Å². The lowest BCUT2D eigenvalue weighted by molar-refractivity contribution is 0.0857. The molecule has 1 aliphatic heterocycles. The van der Waals surface area contributed by atoms with Crippen molar-refractivity contribution in [2.45, 2.75) is 32.0 Å². The van der Waals surface area contributed by atoms with Crippen molar-refractivity contribution in [2.75, 3.05) is 13.2 Å². The van der Waals surface area contributed by atoms with Crippen LogP contribution in [0.25, 0.3) is 0 Å². The second kappa shape index (κ2) is 8.65. The Morgan fingerprint density at radius 3 is 2.60 bits per heavy atom. The summed E-state index contributed by atoms with van der Waals surface area (Å²) in [6.07, 6.45) is 2.23. The van der Waals surface area contributed by atoms with Gasteiger partial charge in [-0.3, -0.25) is 4.79 Å². The molecule has 1 saturated heterocycles. The predicted octanol–water partition coefficient (Wildman–Crippen LogP) is 2.59. The summed E-state index contributed by atoms with van der Waals surface area (Å²) in [7, 11) is 0. The zero-order chi connectivity index (χ0) is 17.5. The van der Waals surface area contributed by atoms with Gasteiger partial charge in [-0.05, 0) is 48.2 Å². The van der Waals surface area contributed by atoms with E-state index < -0.39 is 0 Å². The van der Waals surface area contributed by atoms with Crippen molar-refractivity contribution in [3.05, 3.63) is 65.2 Å². The minimum atomic E-state index is -0.0645. The Balaban J connectivity index is 1.49. The molecule has 2 aromatic carbocycles. The number of hydrogen-bond donors (Lipinski definition) is 3. The number of aromatic hydroxyl groups is 1. The minimum Gasteiger partial charge on any atom is -0.508 e. The summed E-state index contributed by atoms with van der Waals surface area (Å²) in [6.45, 7) is 2.67. The molecule has 5 heteroatoms. The summed E-state index contributed by atoms with van der Waals surface area (Å²) in [6, 6.07) is 14.8. The molecular weight excluding hydrogens is 316 g/mol. The molecule has 1 fully saturated rings. The van der Waals surface area contributed by atoms with Crippen LogP contribution in [0.2, 0.25) is 0 Å². The fourth-order valence-electron chi connectivity index (χ4n) is 2.95. The fraction of sp³-hybridized carbons (Fsp3) is 0.350. The number of phenolic OH excluding ortho intramolecular Hbond substituents is 1. The summed E-state index contributed by atoms with van der Waals surface area (Å²) in [4.78, 5) is 12.3. The van der Waals surface area contributed by atoms with E-state index in [0.29, 0.717) is 25.2 Å². The van der Waals surface area contributed by atoms with Gasteiger partial charge in [0.05, 0.1) is 6.10 Å². The molecule has 132 valence electrons. The van der Waals surface area contributed by atoms with E-state index in [0.717, 1.165) is 30.6 Å². The molecule has 1 heterocycles. The highest BCUT2D eigenvalue weighted by molar-refractivity contribution is 5.94. The summed E-state index contributed by atoms with van der Waals surface area (Å²) in [5.74, 6) is 0.203. The normalized spacial score (nSPS) is 16.7. The highest BCUT2D eigenvalue weighted by atomic mass is 16.5. The summed E-state index contributed by atoms with van der Waals surface area (Å²) >= 11 is 0. The van der Waals surface area contributed by atoms with Gasteiger partial charge in [-0.25, -0.2) is 0 Å². The van der Waals surface area contributed by atoms with Crippen molar-refractivity contribution < 1.29 is 14.6 Å². The van der Waals surface area contributed by atoms with E-state index in [9.17, 15) is 9.90 Å². The molecule has 3 N–H and O–H groups in total. The van der Waals surface area contributed by atoms with Crippen molar-refractivity contribution >= 4 is 5.91 Å². The molecule has 2 aromatic rings. The molecule has 0 bridgehead atoms. The molecule has 0 saturated carbocycles. The first-order valence-electron chi connectivity index (χ1n) is 8.68. The van der Waals surface area contributed by atoms with Gasteiger partial charge in [0.15, 0.2) is 0 Å². The Hall–Kier alpha value is -2.37. The second-order valence-electron chi connectivity index (χ2n) is 6.32. The summed E-state index contributed by atoms with van der Waals surface area (Å²) in [5, 5.41) is 15.7. The summed E-state index contributed by atoms with van der Waals surface area (Å²) in [5.41, 5.74) is 2.73. The lowest BCUT2D eigenvalue weighted by atomic mass is 10.1. The lowest BCUT2D eigenvalue weighted by Gasteiger charge is -2.11. The van der Waals surface area contributed by atoms with Crippen LogP contribution in [0.5, 0.6) is 5.75 Å². The average Bonchev–Trinajstić information content (AvgIpc) is 3.14. The van der Waals surface area contributed by atoms with Crippen LogP contribution in [0.15, 0.2) is 48.5 Å². The monoisotopic (exact) mass is 340 g/mol. The van der Waals surface area contributed by atoms with Gasteiger partial charge in [0.25, 0.3) is 5.91 Å². The van der Waals surface area contributed by atoms with E-state index in [4.69, 9.17) is 4.74 Å². The first kappa shape index (κ1) is 17.5. The van der Waals surface area contributed by atoms with Gasteiger partial charge in [-0.2, -0.15) is 0 Å². The number of nitrogens with one attached hydrogen (secondary N) is 2. The zero-order valence-corrected chi connectivity index (χ0v) is 14.2. The summed E-state index contributed by atoms with van der Waals surface area (Å²) < 4.78 is 5.52. The maximum atomic E-state index is 12.3. The molecule has 25 heavy (non-hydrogen) atoms. The largest absolute Gasteiger partial charge is 0.508 e. The SMILES string of the molecule is O=C(NC[C@@H]1CCCO1)c1cccc(CNCc2cccc(O)c2)c1. The fourth-order valence-corrected chi connectivity index (χ4v) is 2.95. The molecular formula is C20H24N2O3. The quantitative estimate of drug-likeness (QED) is 0.724. The maximum Gasteiger partial charge on any atom is 0.251 e. The molecule has 1 aliphatic rings. The maximum absolute atomic E-state index is 12.3. The van der Waals surface area contributed by atoms with Gasteiger partial charge in [0.1, 0.15) is 5.75 Å². The third kappa shape index (κ3) is 5.31. The number of phenols is 1. The van der Waals surface area contributed by atoms with E-state index in [-0.39, 0.29) is 17.8 Å². The van der Waals surface area contributed by atoms with E-state index in [1.165, 1.54) is 0 Å². The molecule has 1 atom stereocenters. The number of carbonyl (C=O) groups is 1. The molecule has 0 spiro atoms. The number of benzene rings is 2. The number of ether oxygens (including phenoxy) is 1. The lowest BCUT2D eigenvalue weighted by Crippen LogP contribution is -2.31. The molecule has 0 radical (unpaired) electrons. The standard InChI is InChI=1S/C20H24N2O3/c23-18-7-2-5-16(11-18)13-21-12-15-4-1-6-17(10-15)20(24)22-14-19-8-3-9-25-19/h1-2,4-7,10-11,19,21,23H,3,8-9,12-14H2,(H,22,24)/t19-/m0/s1. The Morgan fingerprint density at radius 1 is 1.12 bits per heavy atom. The van der Waals surface area contributed by atoms with Crippen LogP contribution in [-0.2, 0) is 17.8 Å². The van der Waals surface area contributed by atoms with Gasteiger partial charge in [-0.1, -0.05) is 24.3 Å². The third-order valence-electron chi connectivity index (χ3n) is 4.27. The Labute approximate surface area is 148 Å². The van der Waals surface area contributed by atoms with E-state index >= 15 is 0 Å².